The van der Waals surface area contributed by atoms with Crippen LogP contribution in [0.25, 0.3) is 0 Å². The molecule has 0 amide bonds. The van der Waals surface area contributed by atoms with Crippen molar-refractivity contribution < 1.29 is 18.9 Å². The molecule has 0 aromatic carbocycles. The lowest BCUT2D eigenvalue weighted by Crippen LogP contribution is -2.07. The molecule has 6 heteroatoms. The third kappa shape index (κ3) is 5.20. The molecule has 0 aliphatic heterocycles. The zero-order valence-electron chi connectivity index (χ0n) is 10.8. The van der Waals surface area contributed by atoms with Crippen LogP contribution in [0.15, 0.2) is 12.1 Å². The van der Waals surface area contributed by atoms with Crippen molar-refractivity contribution in [3.8, 4) is 11.8 Å². The van der Waals surface area contributed by atoms with E-state index in [-0.39, 0.29) is 0 Å². The lowest BCUT2D eigenvalue weighted by Gasteiger charge is -2.08. The van der Waals surface area contributed by atoms with Gasteiger partial charge in [0.1, 0.15) is 0 Å². The maximum absolute atomic E-state index is 5.65. The number of nitrogens with two attached hydrogens (primary N) is 1. The summed E-state index contributed by atoms with van der Waals surface area (Å²) in [7, 11) is 3.17. The number of ether oxygens (including phenoxy) is 4. The maximum atomic E-state index is 5.65. The molecule has 18 heavy (non-hydrogen) atoms. The normalized spacial score (nSPS) is 10.3. The van der Waals surface area contributed by atoms with E-state index < -0.39 is 0 Å². The SMILES string of the molecule is COCCOCCCOc1ccc(N)c(OC)n1. The van der Waals surface area contributed by atoms with Crippen molar-refractivity contribution in [3.63, 3.8) is 0 Å². The average molecular weight is 256 g/mol. The third-order valence-corrected chi connectivity index (χ3v) is 2.17. The van der Waals surface area contributed by atoms with E-state index in [1.165, 1.54) is 7.11 Å². The molecule has 0 radical (unpaired) electrons. The van der Waals surface area contributed by atoms with Gasteiger partial charge in [-0.25, -0.2) is 0 Å². The molecule has 0 fully saturated rings. The summed E-state index contributed by atoms with van der Waals surface area (Å²) in [4.78, 5) is 4.11. The first-order valence-electron chi connectivity index (χ1n) is 5.78. The fourth-order valence-electron chi connectivity index (χ4n) is 1.26. The number of rotatable bonds is 9. The summed E-state index contributed by atoms with van der Waals surface area (Å²) in [6.07, 6.45) is 0.790. The minimum absolute atomic E-state index is 0.379. The number of anilines is 1. The summed E-state index contributed by atoms with van der Waals surface area (Å²) < 4.78 is 20.6. The van der Waals surface area contributed by atoms with Gasteiger partial charge in [0.25, 0.3) is 0 Å². The van der Waals surface area contributed by atoms with Crippen LogP contribution in [-0.4, -0.2) is 45.6 Å². The number of pyridine rings is 1. The fraction of sp³-hybridized carbons (Fsp3) is 0.583. The Kier molecular flexibility index (Phi) is 6.90. The van der Waals surface area contributed by atoms with Crippen LogP contribution in [0.2, 0.25) is 0 Å². The summed E-state index contributed by atoms with van der Waals surface area (Å²) in [5.74, 6) is 0.877. The van der Waals surface area contributed by atoms with E-state index >= 15 is 0 Å². The molecule has 0 bridgehead atoms. The molecule has 0 aliphatic rings. The van der Waals surface area contributed by atoms with Gasteiger partial charge in [0, 0.05) is 26.2 Å². The summed E-state index contributed by atoms with van der Waals surface area (Å²) in [6, 6.07) is 3.42. The molecule has 6 nitrogen and oxygen atoms in total. The van der Waals surface area contributed by atoms with E-state index in [0.29, 0.717) is 43.9 Å². The number of aromatic nitrogens is 1. The Morgan fingerprint density at radius 3 is 2.67 bits per heavy atom. The first-order chi connectivity index (χ1) is 8.77. The average Bonchev–Trinajstić information content (AvgIpc) is 2.39. The summed E-state index contributed by atoms with van der Waals surface area (Å²) in [6.45, 7) is 2.38. The number of nitrogens with zero attached hydrogens (tertiary/aromatic N) is 1. The molecule has 0 atom stereocenters. The van der Waals surface area contributed by atoms with Crippen LogP contribution in [0.4, 0.5) is 5.69 Å². The molecule has 1 heterocycles. The highest BCUT2D eigenvalue weighted by molar-refractivity contribution is 5.49. The van der Waals surface area contributed by atoms with Crippen LogP contribution in [0.1, 0.15) is 6.42 Å². The van der Waals surface area contributed by atoms with Gasteiger partial charge < -0.3 is 24.7 Å². The van der Waals surface area contributed by atoms with Crippen LogP contribution in [0, 0.1) is 0 Å². The van der Waals surface area contributed by atoms with Gasteiger partial charge in [-0.1, -0.05) is 0 Å². The molecule has 0 unspecified atom stereocenters. The summed E-state index contributed by atoms with van der Waals surface area (Å²) >= 11 is 0. The minimum atomic E-state index is 0.379. The Morgan fingerprint density at radius 2 is 1.94 bits per heavy atom. The van der Waals surface area contributed by atoms with Gasteiger partial charge in [0.2, 0.25) is 11.8 Å². The second kappa shape index (κ2) is 8.54. The van der Waals surface area contributed by atoms with Gasteiger partial charge >= 0.3 is 0 Å². The van der Waals surface area contributed by atoms with Crippen molar-refractivity contribution in [2.45, 2.75) is 6.42 Å². The molecule has 102 valence electrons. The highest BCUT2D eigenvalue weighted by atomic mass is 16.5. The minimum Gasteiger partial charge on any atom is -0.479 e. The Labute approximate surface area is 107 Å². The van der Waals surface area contributed by atoms with Crippen molar-refractivity contribution in [2.75, 3.05) is 46.4 Å². The monoisotopic (exact) mass is 256 g/mol. The molecule has 0 spiro atoms. The van der Waals surface area contributed by atoms with Gasteiger partial charge in [0.05, 0.1) is 32.6 Å². The van der Waals surface area contributed by atoms with Gasteiger partial charge in [-0.15, -0.1) is 0 Å². The molecule has 2 N–H and O–H groups in total. The van der Waals surface area contributed by atoms with Crippen molar-refractivity contribution in [3.05, 3.63) is 12.1 Å². The molecule has 0 saturated carbocycles. The van der Waals surface area contributed by atoms with Gasteiger partial charge in [-0.3, -0.25) is 0 Å². The number of methoxy groups -OCH3 is 2. The molecular formula is C12H20N2O4. The predicted octanol–water partition coefficient (Wildman–Crippen LogP) is 1.10. The lowest BCUT2D eigenvalue weighted by atomic mass is 10.4. The third-order valence-electron chi connectivity index (χ3n) is 2.17. The van der Waals surface area contributed by atoms with Crippen LogP contribution >= 0.6 is 0 Å². The van der Waals surface area contributed by atoms with E-state index in [1.807, 2.05) is 0 Å². The first-order valence-corrected chi connectivity index (χ1v) is 5.78. The Balaban J connectivity index is 2.19. The Morgan fingerprint density at radius 1 is 1.11 bits per heavy atom. The molecule has 0 saturated heterocycles. The topological polar surface area (TPSA) is 75.8 Å². The van der Waals surface area contributed by atoms with Gasteiger partial charge in [0.15, 0.2) is 0 Å². The summed E-state index contributed by atoms with van der Waals surface area (Å²) in [5, 5.41) is 0. The number of hydrogen-bond acceptors (Lipinski definition) is 6. The zero-order chi connectivity index (χ0) is 13.2. The van der Waals surface area contributed by atoms with E-state index in [1.54, 1.807) is 19.2 Å². The van der Waals surface area contributed by atoms with E-state index in [2.05, 4.69) is 4.98 Å². The smallest absolute Gasteiger partial charge is 0.240 e. The molecule has 1 aromatic rings. The van der Waals surface area contributed by atoms with Crippen LogP contribution < -0.4 is 15.2 Å². The van der Waals surface area contributed by atoms with E-state index in [9.17, 15) is 0 Å². The van der Waals surface area contributed by atoms with E-state index in [4.69, 9.17) is 24.7 Å². The second-order valence-electron chi connectivity index (χ2n) is 3.56. The Bertz CT molecular complexity index is 347. The molecule has 1 rings (SSSR count). The Hall–Kier alpha value is -1.53. The number of hydrogen-bond donors (Lipinski definition) is 1. The first kappa shape index (κ1) is 14.5. The summed E-state index contributed by atoms with van der Waals surface area (Å²) in [5.41, 5.74) is 6.14. The quantitative estimate of drug-likeness (QED) is 0.667. The highest BCUT2D eigenvalue weighted by Crippen LogP contribution is 2.21. The van der Waals surface area contributed by atoms with E-state index in [0.717, 1.165) is 6.42 Å². The van der Waals surface area contributed by atoms with Crippen molar-refractivity contribution in [1.82, 2.24) is 4.98 Å². The van der Waals surface area contributed by atoms with Crippen LogP contribution in [0.5, 0.6) is 11.8 Å². The van der Waals surface area contributed by atoms with Gasteiger partial charge in [-0.2, -0.15) is 4.98 Å². The van der Waals surface area contributed by atoms with Gasteiger partial charge in [-0.05, 0) is 6.07 Å². The second-order valence-corrected chi connectivity index (χ2v) is 3.56. The van der Waals surface area contributed by atoms with Crippen LogP contribution in [0.3, 0.4) is 0 Å². The lowest BCUT2D eigenvalue weighted by molar-refractivity contribution is 0.0641. The largest absolute Gasteiger partial charge is 0.479 e. The standard InChI is InChI=1S/C12H20N2O4/c1-15-8-9-17-6-3-7-18-11-5-4-10(13)12(14-11)16-2/h4-5H,3,6-9,13H2,1-2H3. The molecular weight excluding hydrogens is 236 g/mol. The van der Waals surface area contributed by atoms with Crippen LogP contribution in [-0.2, 0) is 9.47 Å². The van der Waals surface area contributed by atoms with Crippen molar-refractivity contribution in [2.24, 2.45) is 0 Å². The van der Waals surface area contributed by atoms with Crippen molar-refractivity contribution >= 4 is 5.69 Å². The van der Waals surface area contributed by atoms with Crippen molar-refractivity contribution in [1.29, 1.82) is 0 Å². The maximum Gasteiger partial charge on any atom is 0.240 e. The highest BCUT2D eigenvalue weighted by Gasteiger charge is 2.03. The fourth-order valence-corrected chi connectivity index (χ4v) is 1.26. The molecule has 0 aliphatic carbocycles. The zero-order valence-corrected chi connectivity index (χ0v) is 10.8. The number of nitrogen functional groups attached to an aromatic ring is 1. The molecule has 1 aromatic heterocycles. The predicted molar refractivity (Wildman–Crippen MR) is 68.0 cm³/mol.